The van der Waals surface area contributed by atoms with Gasteiger partial charge in [-0.3, -0.25) is 0 Å². The fraction of sp³-hybridized carbons (Fsp3) is 0.524. The van der Waals surface area contributed by atoms with Gasteiger partial charge in [-0.15, -0.1) is 0 Å². The van der Waals surface area contributed by atoms with Crippen LogP contribution in [-0.4, -0.2) is 78.9 Å². The number of fused-ring (bicyclic) bond motifs is 1. The third-order valence-electron chi connectivity index (χ3n) is 5.08. The van der Waals surface area contributed by atoms with Crippen molar-refractivity contribution >= 4 is 17.7 Å². The molecule has 0 aliphatic carbocycles. The summed E-state index contributed by atoms with van der Waals surface area (Å²) in [6, 6.07) is 9.49. The highest BCUT2D eigenvalue weighted by Gasteiger charge is 2.22. The van der Waals surface area contributed by atoms with Crippen molar-refractivity contribution in [1.29, 1.82) is 0 Å². The Hall–Kier alpha value is -2.19. The van der Waals surface area contributed by atoms with E-state index in [9.17, 15) is 0 Å². The molecule has 1 aromatic heterocycles. The van der Waals surface area contributed by atoms with Crippen molar-refractivity contribution in [2.24, 2.45) is 0 Å². The number of para-hydroxylation sites is 2. The van der Waals surface area contributed by atoms with Gasteiger partial charge >= 0.3 is 0 Å². The fourth-order valence-corrected chi connectivity index (χ4v) is 3.94. The molecule has 1 fully saturated rings. The predicted molar refractivity (Wildman–Crippen MR) is 116 cm³/mol. The van der Waals surface area contributed by atoms with E-state index < -0.39 is 0 Å². The van der Waals surface area contributed by atoms with Gasteiger partial charge in [0.1, 0.15) is 13.2 Å². The van der Waals surface area contributed by atoms with Crippen LogP contribution in [-0.2, 0) is 0 Å². The van der Waals surface area contributed by atoms with Crippen LogP contribution in [0.25, 0.3) is 0 Å². The summed E-state index contributed by atoms with van der Waals surface area (Å²) < 4.78 is 17.6. The lowest BCUT2D eigenvalue weighted by Crippen LogP contribution is -2.35. The molecule has 1 aromatic carbocycles. The van der Waals surface area contributed by atoms with E-state index in [1.165, 1.54) is 5.75 Å². The lowest BCUT2D eigenvalue weighted by atomic mass is 10.3. The molecule has 0 bridgehead atoms. The van der Waals surface area contributed by atoms with Gasteiger partial charge in [-0.2, -0.15) is 16.7 Å². The van der Waals surface area contributed by atoms with Crippen molar-refractivity contribution in [2.75, 3.05) is 62.8 Å². The van der Waals surface area contributed by atoms with Gasteiger partial charge in [-0.05, 0) is 31.4 Å². The summed E-state index contributed by atoms with van der Waals surface area (Å²) in [5.41, 5.74) is 0. The molecule has 0 saturated carbocycles. The monoisotopic (exact) mass is 416 g/mol. The van der Waals surface area contributed by atoms with Gasteiger partial charge in [-0.25, -0.2) is 4.98 Å². The van der Waals surface area contributed by atoms with E-state index in [0.29, 0.717) is 19.1 Å². The molecule has 2 aromatic rings. The molecule has 2 aliphatic rings. The Morgan fingerprint density at radius 2 is 2.03 bits per heavy atom. The smallest absolute Gasteiger partial charge is 0.228 e. The molecule has 8 heteroatoms. The zero-order chi connectivity index (χ0) is 19.9. The van der Waals surface area contributed by atoms with E-state index in [0.717, 1.165) is 56.6 Å². The summed E-state index contributed by atoms with van der Waals surface area (Å²) in [7, 11) is 0. The van der Waals surface area contributed by atoms with Gasteiger partial charge < -0.3 is 24.0 Å². The van der Waals surface area contributed by atoms with Crippen LogP contribution in [0.15, 0.2) is 36.5 Å². The van der Waals surface area contributed by atoms with Crippen molar-refractivity contribution in [1.82, 2.24) is 14.9 Å². The number of aromatic nitrogens is 2. The van der Waals surface area contributed by atoms with Crippen LogP contribution < -0.4 is 19.1 Å². The molecule has 4 rings (SSSR count). The number of thioether (sulfide) groups is 1. The van der Waals surface area contributed by atoms with Crippen molar-refractivity contribution < 1.29 is 14.2 Å². The zero-order valence-electron chi connectivity index (χ0n) is 16.8. The summed E-state index contributed by atoms with van der Waals surface area (Å²) in [5.74, 6) is 4.02. The molecule has 1 saturated heterocycles. The molecule has 2 aliphatic heterocycles. The molecule has 1 unspecified atom stereocenters. The van der Waals surface area contributed by atoms with Crippen LogP contribution in [0.3, 0.4) is 0 Å². The Kier molecular flexibility index (Phi) is 6.95. The third-order valence-corrected chi connectivity index (χ3v) is 5.68. The molecular formula is C21H28N4O3S. The van der Waals surface area contributed by atoms with Crippen molar-refractivity contribution in [2.45, 2.75) is 12.5 Å². The number of anilines is 1. The molecule has 0 spiro atoms. The lowest BCUT2D eigenvalue weighted by Gasteiger charge is -2.26. The highest BCUT2D eigenvalue weighted by molar-refractivity contribution is 7.98. The first-order valence-corrected chi connectivity index (χ1v) is 11.5. The van der Waals surface area contributed by atoms with Crippen LogP contribution in [0.4, 0.5) is 5.95 Å². The maximum atomic E-state index is 5.95. The van der Waals surface area contributed by atoms with Gasteiger partial charge in [0.2, 0.25) is 11.8 Å². The average molecular weight is 417 g/mol. The van der Waals surface area contributed by atoms with Crippen molar-refractivity contribution in [3.8, 4) is 17.4 Å². The van der Waals surface area contributed by atoms with Gasteiger partial charge in [-0.1, -0.05) is 12.1 Å². The molecule has 1 atom stereocenters. The van der Waals surface area contributed by atoms with Crippen LogP contribution >= 0.6 is 11.8 Å². The Morgan fingerprint density at radius 3 is 2.93 bits per heavy atom. The van der Waals surface area contributed by atoms with Crippen LogP contribution in [0.2, 0.25) is 0 Å². The van der Waals surface area contributed by atoms with Gasteiger partial charge in [0.15, 0.2) is 17.6 Å². The van der Waals surface area contributed by atoms with E-state index in [1.54, 1.807) is 12.3 Å². The van der Waals surface area contributed by atoms with Crippen molar-refractivity contribution in [3.05, 3.63) is 36.5 Å². The molecule has 156 valence electrons. The average Bonchev–Trinajstić information content (AvgIpc) is 3.02. The number of ether oxygens (including phenoxy) is 3. The second-order valence-electron chi connectivity index (χ2n) is 7.18. The van der Waals surface area contributed by atoms with Crippen LogP contribution in [0.1, 0.15) is 6.42 Å². The summed E-state index contributed by atoms with van der Waals surface area (Å²) in [6.45, 7) is 6.07. The van der Waals surface area contributed by atoms with Gasteiger partial charge in [0.25, 0.3) is 0 Å². The number of benzene rings is 1. The molecule has 0 radical (unpaired) electrons. The molecule has 0 amide bonds. The van der Waals surface area contributed by atoms with E-state index in [1.807, 2.05) is 36.0 Å². The normalized spacial score (nSPS) is 19.6. The second kappa shape index (κ2) is 10.0. The number of nitrogens with zero attached hydrogens (tertiary/aromatic N) is 4. The largest absolute Gasteiger partial charge is 0.486 e. The Labute approximate surface area is 176 Å². The van der Waals surface area contributed by atoms with E-state index in [2.05, 4.69) is 26.0 Å². The molecule has 29 heavy (non-hydrogen) atoms. The van der Waals surface area contributed by atoms with Crippen molar-refractivity contribution in [3.63, 3.8) is 0 Å². The second-order valence-corrected chi connectivity index (χ2v) is 8.16. The molecular weight excluding hydrogens is 388 g/mol. The van der Waals surface area contributed by atoms with Gasteiger partial charge in [0, 0.05) is 44.2 Å². The lowest BCUT2D eigenvalue weighted by molar-refractivity contribution is 0.0522. The summed E-state index contributed by atoms with van der Waals surface area (Å²) in [5, 5.41) is 0. The number of hydrogen-bond donors (Lipinski definition) is 0. The molecule has 0 N–H and O–H groups in total. The minimum Gasteiger partial charge on any atom is -0.486 e. The van der Waals surface area contributed by atoms with E-state index in [-0.39, 0.29) is 6.10 Å². The maximum absolute atomic E-state index is 5.95. The van der Waals surface area contributed by atoms with Crippen LogP contribution in [0, 0.1) is 0 Å². The first-order valence-electron chi connectivity index (χ1n) is 10.1. The summed E-state index contributed by atoms with van der Waals surface area (Å²) in [4.78, 5) is 13.9. The summed E-state index contributed by atoms with van der Waals surface area (Å²) in [6.07, 6.45) is 4.88. The molecule has 7 nitrogen and oxygen atoms in total. The Balaban J connectivity index is 1.31. The maximum Gasteiger partial charge on any atom is 0.228 e. The van der Waals surface area contributed by atoms with E-state index in [4.69, 9.17) is 14.2 Å². The third kappa shape index (κ3) is 5.45. The fourth-order valence-electron chi connectivity index (χ4n) is 3.50. The SMILES string of the molecule is CSCCN1CCCN(c2nccc(OCC3COc4ccccc4O3)n2)CC1. The van der Waals surface area contributed by atoms with E-state index >= 15 is 0 Å². The Morgan fingerprint density at radius 1 is 1.14 bits per heavy atom. The number of rotatable bonds is 7. The standard InChI is InChI=1S/C21H28N4O3S/c1-29-14-13-24-9-4-10-25(12-11-24)21-22-8-7-20(23-21)27-16-17-15-26-18-5-2-3-6-19(18)28-17/h2-3,5-8,17H,4,9-16H2,1H3. The quantitative estimate of drug-likeness (QED) is 0.683. The minimum atomic E-state index is -0.161. The van der Waals surface area contributed by atoms with Gasteiger partial charge in [0.05, 0.1) is 0 Å². The minimum absolute atomic E-state index is 0.161. The first kappa shape index (κ1) is 20.1. The summed E-state index contributed by atoms with van der Waals surface area (Å²) >= 11 is 1.90. The highest BCUT2D eigenvalue weighted by Crippen LogP contribution is 2.31. The number of hydrogen-bond acceptors (Lipinski definition) is 8. The Bertz CT molecular complexity index is 794. The molecule has 3 heterocycles. The topological polar surface area (TPSA) is 60.0 Å². The zero-order valence-corrected chi connectivity index (χ0v) is 17.6. The highest BCUT2D eigenvalue weighted by atomic mass is 32.2. The first-order chi connectivity index (χ1) is 14.3. The van der Waals surface area contributed by atoms with Crippen LogP contribution in [0.5, 0.6) is 17.4 Å². The predicted octanol–water partition coefficient (Wildman–Crippen LogP) is 2.57.